The van der Waals surface area contributed by atoms with Crippen LogP contribution < -0.4 is 10.6 Å². The van der Waals surface area contributed by atoms with Gasteiger partial charge in [-0.15, -0.1) is 0 Å². The van der Waals surface area contributed by atoms with Gasteiger partial charge < -0.3 is 15.4 Å². The van der Waals surface area contributed by atoms with Crippen molar-refractivity contribution in [1.82, 2.24) is 10.6 Å². The van der Waals surface area contributed by atoms with E-state index in [2.05, 4.69) is 22.8 Å². The molecule has 1 saturated heterocycles. The zero-order chi connectivity index (χ0) is 16.2. The molecule has 22 heavy (non-hydrogen) atoms. The Morgan fingerprint density at radius 1 is 1.23 bits per heavy atom. The molecule has 1 aromatic carbocycles. The predicted octanol–water partition coefficient (Wildman–Crippen LogP) is 2.57. The second kappa shape index (κ2) is 6.81. The zero-order valence-electron chi connectivity index (χ0n) is 13.4. The summed E-state index contributed by atoms with van der Waals surface area (Å²) in [6.07, 6.45) is 0.888. The van der Waals surface area contributed by atoms with E-state index in [4.69, 9.17) is 4.74 Å². The largest absolute Gasteiger partial charge is 0.444 e. The lowest BCUT2D eigenvalue weighted by Crippen LogP contribution is -2.47. The molecule has 2 amide bonds. The van der Waals surface area contributed by atoms with Gasteiger partial charge >= 0.3 is 6.09 Å². The van der Waals surface area contributed by atoms with Gasteiger partial charge in [-0.2, -0.15) is 0 Å². The summed E-state index contributed by atoms with van der Waals surface area (Å²) in [6, 6.07) is 9.57. The summed E-state index contributed by atoms with van der Waals surface area (Å²) < 4.78 is 5.21. The highest BCUT2D eigenvalue weighted by atomic mass is 16.6. The first-order valence-electron chi connectivity index (χ1n) is 7.67. The van der Waals surface area contributed by atoms with Crippen LogP contribution in [0, 0.1) is 0 Å². The molecule has 2 N–H and O–H groups in total. The lowest BCUT2D eigenvalue weighted by molar-refractivity contribution is -0.122. The van der Waals surface area contributed by atoms with Crippen molar-refractivity contribution >= 4 is 12.0 Å². The Morgan fingerprint density at radius 2 is 1.91 bits per heavy atom. The summed E-state index contributed by atoms with van der Waals surface area (Å²) >= 11 is 0. The number of hydrogen-bond donors (Lipinski definition) is 2. The minimum atomic E-state index is -0.572. The van der Waals surface area contributed by atoms with E-state index in [0.717, 1.165) is 6.42 Å². The van der Waals surface area contributed by atoms with E-state index in [1.54, 1.807) is 20.8 Å². The predicted molar refractivity (Wildman–Crippen MR) is 84.6 cm³/mol. The Labute approximate surface area is 131 Å². The second-order valence-electron chi connectivity index (χ2n) is 6.63. The highest BCUT2D eigenvalue weighted by molar-refractivity contribution is 5.85. The Morgan fingerprint density at radius 3 is 2.55 bits per heavy atom. The number of ether oxygens (including phenoxy) is 1. The van der Waals surface area contributed by atoms with Crippen LogP contribution in [0.2, 0.25) is 0 Å². The van der Waals surface area contributed by atoms with Gasteiger partial charge in [0.2, 0.25) is 5.91 Å². The highest BCUT2D eigenvalue weighted by Crippen LogP contribution is 2.23. The Hall–Kier alpha value is -2.04. The molecule has 0 saturated carbocycles. The molecule has 2 rings (SSSR count). The first kappa shape index (κ1) is 16.3. The first-order chi connectivity index (χ1) is 10.3. The van der Waals surface area contributed by atoms with E-state index >= 15 is 0 Å². The summed E-state index contributed by atoms with van der Waals surface area (Å²) in [5.41, 5.74) is 0.637. The molecule has 2 atom stereocenters. The topological polar surface area (TPSA) is 67.4 Å². The van der Waals surface area contributed by atoms with Crippen LogP contribution in [0.15, 0.2) is 30.3 Å². The minimum absolute atomic E-state index is 0.149. The lowest BCUT2D eigenvalue weighted by atomic mass is 9.94. The van der Waals surface area contributed by atoms with Crippen LogP contribution in [0.4, 0.5) is 4.79 Å². The highest BCUT2D eigenvalue weighted by Gasteiger charge is 2.28. The van der Waals surface area contributed by atoms with Crippen molar-refractivity contribution in [3.63, 3.8) is 0 Å². The molecule has 1 aromatic rings. The van der Waals surface area contributed by atoms with Gasteiger partial charge in [-0.25, -0.2) is 4.79 Å². The normalized spacial score (nSPS) is 22.4. The Bertz CT molecular complexity index is 522. The molecular formula is C17H24N2O3. The molecule has 1 aliphatic rings. The molecule has 0 aliphatic carbocycles. The molecule has 1 fully saturated rings. The number of alkyl carbamates (subject to hydrolysis) is 1. The molecule has 1 aliphatic heterocycles. The molecule has 1 heterocycles. The average molecular weight is 304 g/mol. The number of carbonyl (C=O) groups is 2. The van der Waals surface area contributed by atoms with E-state index in [0.29, 0.717) is 13.0 Å². The zero-order valence-corrected chi connectivity index (χ0v) is 13.4. The van der Waals surface area contributed by atoms with Crippen molar-refractivity contribution in [2.24, 2.45) is 0 Å². The fourth-order valence-electron chi connectivity index (χ4n) is 2.55. The van der Waals surface area contributed by atoms with Gasteiger partial charge in [0.05, 0.1) is 0 Å². The summed E-state index contributed by atoms with van der Waals surface area (Å²) in [6.45, 7) is 5.98. The van der Waals surface area contributed by atoms with E-state index in [-0.39, 0.29) is 11.8 Å². The van der Waals surface area contributed by atoms with Crippen LogP contribution in [-0.4, -0.2) is 30.2 Å². The number of rotatable bonds is 2. The third-order valence-corrected chi connectivity index (χ3v) is 3.60. The average Bonchev–Trinajstić information content (AvgIpc) is 2.61. The Balaban J connectivity index is 1.95. The Kier molecular flexibility index (Phi) is 5.06. The van der Waals surface area contributed by atoms with E-state index < -0.39 is 17.7 Å². The number of carbonyl (C=O) groups excluding carboxylic acids is 2. The van der Waals surface area contributed by atoms with E-state index in [9.17, 15) is 9.59 Å². The third-order valence-electron chi connectivity index (χ3n) is 3.60. The maximum atomic E-state index is 12.1. The number of hydrogen-bond acceptors (Lipinski definition) is 3. The van der Waals surface area contributed by atoms with Crippen LogP contribution in [0.5, 0.6) is 0 Å². The molecule has 0 aromatic heterocycles. The van der Waals surface area contributed by atoms with E-state index in [1.807, 2.05) is 18.2 Å². The van der Waals surface area contributed by atoms with E-state index in [1.165, 1.54) is 5.56 Å². The fraction of sp³-hybridized carbons (Fsp3) is 0.529. The van der Waals surface area contributed by atoms with Crippen molar-refractivity contribution in [2.75, 3.05) is 6.54 Å². The van der Waals surface area contributed by atoms with Gasteiger partial charge in [0, 0.05) is 12.5 Å². The smallest absolute Gasteiger partial charge is 0.408 e. The van der Waals surface area contributed by atoms with Crippen LogP contribution in [0.3, 0.4) is 0 Å². The molecule has 0 bridgehead atoms. The van der Waals surface area contributed by atoms with Crippen molar-refractivity contribution in [3.8, 4) is 0 Å². The lowest BCUT2D eigenvalue weighted by Gasteiger charge is -2.22. The monoisotopic (exact) mass is 304 g/mol. The van der Waals surface area contributed by atoms with Crippen LogP contribution in [0.25, 0.3) is 0 Å². The molecule has 120 valence electrons. The molecule has 0 spiro atoms. The van der Waals surface area contributed by atoms with Crippen LogP contribution in [-0.2, 0) is 9.53 Å². The summed E-state index contributed by atoms with van der Waals surface area (Å²) in [5.74, 6) is 0.125. The standard InChI is InChI=1S/C17H24N2O3/c1-17(2,3)22-16(21)19-14-10-9-13(11-18-15(14)20)12-7-5-4-6-8-12/h4-8,13-14H,9-11H2,1-3H3,(H,18,20)(H,19,21). The van der Waals surface area contributed by atoms with Crippen LogP contribution >= 0.6 is 0 Å². The summed E-state index contributed by atoms with van der Waals surface area (Å²) in [5, 5.41) is 5.57. The molecule has 5 nitrogen and oxygen atoms in total. The van der Waals surface area contributed by atoms with Gasteiger partial charge in [-0.05, 0) is 39.2 Å². The molecular weight excluding hydrogens is 280 g/mol. The van der Waals surface area contributed by atoms with Crippen molar-refractivity contribution in [2.45, 2.75) is 51.2 Å². The summed E-state index contributed by atoms with van der Waals surface area (Å²) in [7, 11) is 0. The molecule has 5 heteroatoms. The molecule has 2 unspecified atom stereocenters. The quantitative estimate of drug-likeness (QED) is 0.882. The van der Waals surface area contributed by atoms with Crippen molar-refractivity contribution < 1.29 is 14.3 Å². The summed E-state index contributed by atoms with van der Waals surface area (Å²) in [4.78, 5) is 23.9. The maximum Gasteiger partial charge on any atom is 0.408 e. The van der Waals surface area contributed by atoms with Gasteiger partial charge in [0.1, 0.15) is 11.6 Å². The number of benzene rings is 1. The van der Waals surface area contributed by atoms with Crippen molar-refractivity contribution in [1.29, 1.82) is 0 Å². The fourth-order valence-corrected chi connectivity index (χ4v) is 2.55. The van der Waals surface area contributed by atoms with Crippen molar-refractivity contribution in [3.05, 3.63) is 35.9 Å². The maximum absolute atomic E-state index is 12.1. The van der Waals surface area contributed by atoms with Gasteiger partial charge in [-0.1, -0.05) is 30.3 Å². The van der Waals surface area contributed by atoms with Crippen LogP contribution in [0.1, 0.15) is 45.1 Å². The van der Waals surface area contributed by atoms with Gasteiger partial charge in [0.25, 0.3) is 0 Å². The number of amides is 2. The number of nitrogens with one attached hydrogen (secondary N) is 2. The molecule has 0 radical (unpaired) electrons. The third kappa shape index (κ3) is 4.76. The second-order valence-corrected chi connectivity index (χ2v) is 6.63. The minimum Gasteiger partial charge on any atom is -0.444 e. The first-order valence-corrected chi connectivity index (χ1v) is 7.67. The van der Waals surface area contributed by atoms with Gasteiger partial charge in [0.15, 0.2) is 0 Å². The van der Waals surface area contributed by atoms with Gasteiger partial charge in [-0.3, -0.25) is 4.79 Å². The SMILES string of the molecule is CC(C)(C)OC(=O)NC1CCC(c2ccccc2)CNC1=O.